The number of aliphatic hydroxyl groups excluding tert-OH is 1. The molecule has 17 heavy (non-hydrogen) atoms. The quantitative estimate of drug-likeness (QED) is 0.748. The molecule has 2 aliphatic rings. The maximum Gasteiger partial charge on any atom is 0.211 e. The molecule has 5 nitrogen and oxygen atoms in total. The number of rotatable bonds is 3. The monoisotopic (exact) mass is 288 g/mol. The zero-order chi connectivity index (χ0) is 11.8. The summed E-state index contributed by atoms with van der Waals surface area (Å²) in [6.45, 7) is 3.86. The Morgan fingerprint density at radius 2 is 1.71 bits per heavy atom. The SMILES string of the molecule is CS(=O)(=O)N1CCN(CC2CC(O)C2)CC1.[Ar]. The van der Waals surface area contributed by atoms with Gasteiger partial charge in [-0.25, -0.2) is 8.42 Å². The number of sulfonamides is 1. The summed E-state index contributed by atoms with van der Waals surface area (Å²) in [7, 11) is -3.01. The molecular formula is C10H20ArN2O3S. The van der Waals surface area contributed by atoms with Crippen LogP contribution in [0.25, 0.3) is 0 Å². The van der Waals surface area contributed by atoms with Crippen LogP contribution in [0.2, 0.25) is 0 Å². The molecule has 1 saturated heterocycles. The third-order valence-electron chi connectivity index (χ3n) is 3.53. The molecule has 0 spiro atoms. The van der Waals surface area contributed by atoms with E-state index in [1.807, 2.05) is 0 Å². The average Bonchev–Trinajstić information content (AvgIpc) is 2.15. The standard InChI is InChI=1S/C10H20N2O3S.Ar/c1-16(14,15)12-4-2-11(3-5-12)8-9-6-10(13)7-9;/h9-10,13H,2-8H2,1H3;. The van der Waals surface area contributed by atoms with Gasteiger partial charge in [-0.15, -0.1) is 0 Å². The van der Waals surface area contributed by atoms with Crippen molar-refractivity contribution in [3.63, 3.8) is 0 Å². The maximum atomic E-state index is 11.3. The van der Waals surface area contributed by atoms with Gasteiger partial charge in [-0.2, -0.15) is 4.31 Å². The Balaban J connectivity index is 0.00000144. The summed E-state index contributed by atoms with van der Waals surface area (Å²) < 4.78 is 24.1. The van der Waals surface area contributed by atoms with Crippen molar-refractivity contribution in [2.24, 2.45) is 5.92 Å². The molecule has 102 valence electrons. The van der Waals surface area contributed by atoms with Gasteiger partial charge in [0.25, 0.3) is 0 Å². The summed E-state index contributed by atoms with van der Waals surface area (Å²) in [5.41, 5.74) is 0. The van der Waals surface area contributed by atoms with Gasteiger partial charge in [0, 0.05) is 70.5 Å². The second-order valence-electron chi connectivity index (χ2n) is 4.95. The normalized spacial score (nSPS) is 31.6. The van der Waals surface area contributed by atoms with E-state index < -0.39 is 10.0 Å². The first-order valence-corrected chi connectivity index (χ1v) is 7.65. The van der Waals surface area contributed by atoms with Crippen LogP contribution in [0.1, 0.15) is 12.8 Å². The molecule has 7 heteroatoms. The number of hydrogen-bond acceptors (Lipinski definition) is 4. The van der Waals surface area contributed by atoms with E-state index in [9.17, 15) is 13.5 Å². The molecule has 0 aromatic rings. The molecule has 0 unspecified atom stereocenters. The fourth-order valence-corrected chi connectivity index (χ4v) is 3.29. The van der Waals surface area contributed by atoms with Crippen LogP contribution in [0.15, 0.2) is 0 Å². The number of piperazine rings is 1. The average molecular weight is 288 g/mol. The summed E-state index contributed by atoms with van der Waals surface area (Å²) in [4.78, 5) is 2.30. The zero-order valence-corrected chi connectivity index (χ0v) is 11.5. The molecule has 0 aromatic carbocycles. The Labute approximate surface area is 133 Å². The van der Waals surface area contributed by atoms with Crippen molar-refractivity contribution in [1.82, 2.24) is 9.21 Å². The van der Waals surface area contributed by atoms with Gasteiger partial charge in [-0.05, 0) is 18.8 Å². The molecule has 0 aromatic heterocycles. The summed E-state index contributed by atoms with van der Waals surface area (Å²) >= 11 is 0. The Kier molecular flexibility index (Phi) is 6.17. The molecule has 0 amide bonds. The minimum Gasteiger partial charge on any atom is -0.393 e. The predicted molar refractivity (Wildman–Crippen MR) is 61.6 cm³/mol. The van der Waals surface area contributed by atoms with Gasteiger partial charge < -0.3 is 10.0 Å². The molecule has 1 heterocycles. The Morgan fingerprint density at radius 1 is 1.18 bits per heavy atom. The Hall–Kier alpha value is 1.09. The van der Waals surface area contributed by atoms with E-state index in [1.165, 1.54) is 6.26 Å². The Bertz CT molecular complexity index is 335. The largest absolute Gasteiger partial charge is 0.393 e. The van der Waals surface area contributed by atoms with E-state index in [1.54, 1.807) is 4.31 Å². The van der Waals surface area contributed by atoms with Gasteiger partial charge in [0.1, 0.15) is 0 Å². The summed E-state index contributed by atoms with van der Waals surface area (Å²) in [5.74, 6) is 0.611. The van der Waals surface area contributed by atoms with Crippen LogP contribution in [0.5, 0.6) is 0 Å². The first kappa shape index (κ1) is 16.1. The van der Waals surface area contributed by atoms with Gasteiger partial charge in [0.2, 0.25) is 10.0 Å². The van der Waals surface area contributed by atoms with Crippen LogP contribution in [0, 0.1) is 43.7 Å². The minimum atomic E-state index is -3.01. The van der Waals surface area contributed by atoms with Gasteiger partial charge in [0.05, 0.1) is 12.4 Å². The minimum absolute atomic E-state index is 0. The molecule has 0 atom stereocenters. The van der Waals surface area contributed by atoms with Gasteiger partial charge >= 0.3 is 0 Å². The van der Waals surface area contributed by atoms with E-state index in [-0.39, 0.29) is 43.8 Å². The van der Waals surface area contributed by atoms with Gasteiger partial charge in [0.15, 0.2) is 0 Å². The van der Waals surface area contributed by atoms with Crippen LogP contribution in [-0.2, 0) is 10.0 Å². The molecule has 2 fully saturated rings. The molecule has 1 N–H and O–H groups in total. The van der Waals surface area contributed by atoms with Gasteiger partial charge in [-0.3, -0.25) is 0 Å². The van der Waals surface area contributed by atoms with E-state index in [0.717, 1.165) is 32.5 Å². The number of aliphatic hydroxyl groups is 1. The molecule has 0 radical (unpaired) electrons. The predicted octanol–water partition coefficient (Wildman–Crippen LogP) is -0.665. The van der Waals surface area contributed by atoms with Crippen LogP contribution in [-0.4, -0.2) is 67.8 Å². The second kappa shape index (κ2) is 6.50. The number of nitrogens with zero attached hydrogens (tertiary/aromatic N) is 2. The molecule has 1 aliphatic carbocycles. The Morgan fingerprint density at radius 3 is 2.12 bits per heavy atom. The van der Waals surface area contributed by atoms with Crippen molar-refractivity contribution in [3.8, 4) is 0 Å². The van der Waals surface area contributed by atoms with Crippen molar-refractivity contribution in [3.05, 3.63) is 0 Å². The van der Waals surface area contributed by atoms with Crippen LogP contribution in [0.3, 0.4) is 0 Å². The topological polar surface area (TPSA) is 60.9 Å². The van der Waals surface area contributed by atoms with Crippen molar-refractivity contribution < 1.29 is 51.3 Å². The maximum absolute atomic E-state index is 11.3. The van der Waals surface area contributed by atoms with Crippen LogP contribution in [0.4, 0.5) is 0 Å². The molecule has 0 bridgehead atoms. The fraction of sp³-hybridized carbons (Fsp3) is 1.00. The van der Waals surface area contributed by atoms with Crippen molar-refractivity contribution in [1.29, 1.82) is 0 Å². The third kappa shape index (κ3) is 4.60. The molecule has 2 rings (SSSR count). The smallest absolute Gasteiger partial charge is 0.211 e. The fourth-order valence-electron chi connectivity index (χ4n) is 2.46. The summed E-state index contributed by atoms with van der Waals surface area (Å²) in [6.07, 6.45) is 2.99. The van der Waals surface area contributed by atoms with Crippen molar-refractivity contribution in [2.75, 3.05) is 39.0 Å². The van der Waals surface area contributed by atoms with Crippen molar-refractivity contribution >= 4 is 10.0 Å². The second-order valence-corrected chi connectivity index (χ2v) is 6.94. The first-order chi connectivity index (χ1) is 7.45. The molecular weight excluding hydrogens is 268 g/mol. The van der Waals surface area contributed by atoms with E-state index in [0.29, 0.717) is 19.0 Å². The van der Waals surface area contributed by atoms with Crippen molar-refractivity contribution in [2.45, 2.75) is 18.9 Å². The van der Waals surface area contributed by atoms with Gasteiger partial charge in [-0.1, -0.05) is 0 Å². The van der Waals surface area contributed by atoms with E-state index >= 15 is 0 Å². The van der Waals surface area contributed by atoms with E-state index in [4.69, 9.17) is 0 Å². The third-order valence-corrected chi connectivity index (χ3v) is 4.83. The zero-order valence-electron chi connectivity index (χ0n) is 10.0. The van der Waals surface area contributed by atoms with E-state index in [2.05, 4.69) is 4.90 Å². The summed E-state index contributed by atoms with van der Waals surface area (Å²) in [5, 5.41) is 9.19. The molecule has 1 aliphatic heterocycles. The molecule has 1 saturated carbocycles. The van der Waals surface area contributed by atoms with Crippen LogP contribution < -0.4 is 0 Å². The first-order valence-electron chi connectivity index (χ1n) is 5.80. The number of hydrogen-bond donors (Lipinski definition) is 1. The van der Waals surface area contributed by atoms with Crippen LogP contribution >= 0.6 is 0 Å². The summed E-state index contributed by atoms with van der Waals surface area (Å²) in [6, 6.07) is 0.